The van der Waals surface area contributed by atoms with Crippen LogP contribution >= 0.6 is 15.9 Å². The fourth-order valence-electron chi connectivity index (χ4n) is 2.02. The SMILES string of the molecule is COc1ccc(Br)cc1CN1C(=O)CCCC1=O. The first-order chi connectivity index (χ1) is 8.61. The van der Waals surface area contributed by atoms with Crippen LogP contribution in [0, 0.1) is 0 Å². The molecule has 5 heteroatoms. The standard InChI is InChI=1S/C13H14BrNO3/c1-18-11-6-5-10(14)7-9(11)8-15-12(16)3-2-4-13(15)17/h5-7H,2-4,8H2,1H3. The second kappa shape index (κ2) is 5.52. The van der Waals surface area contributed by atoms with Gasteiger partial charge in [-0.05, 0) is 24.6 Å². The Bertz CT molecular complexity index is 471. The van der Waals surface area contributed by atoms with Crippen LogP contribution in [-0.2, 0) is 16.1 Å². The van der Waals surface area contributed by atoms with Gasteiger partial charge in [-0.25, -0.2) is 0 Å². The predicted molar refractivity (Wildman–Crippen MR) is 70.1 cm³/mol. The van der Waals surface area contributed by atoms with Crippen molar-refractivity contribution in [1.82, 2.24) is 4.90 Å². The lowest BCUT2D eigenvalue weighted by molar-refractivity contribution is -0.148. The molecule has 0 N–H and O–H groups in total. The Morgan fingerprint density at radius 3 is 2.56 bits per heavy atom. The summed E-state index contributed by atoms with van der Waals surface area (Å²) in [7, 11) is 1.58. The third kappa shape index (κ3) is 2.72. The van der Waals surface area contributed by atoms with Crippen LogP contribution in [0.25, 0.3) is 0 Å². The molecule has 0 aliphatic carbocycles. The lowest BCUT2D eigenvalue weighted by Gasteiger charge is -2.25. The van der Waals surface area contributed by atoms with Crippen molar-refractivity contribution in [3.05, 3.63) is 28.2 Å². The Morgan fingerprint density at radius 2 is 1.94 bits per heavy atom. The fraction of sp³-hybridized carbons (Fsp3) is 0.385. The zero-order valence-electron chi connectivity index (χ0n) is 10.1. The van der Waals surface area contributed by atoms with Gasteiger partial charge >= 0.3 is 0 Å². The Kier molecular flexibility index (Phi) is 4.01. The van der Waals surface area contributed by atoms with Gasteiger partial charge in [-0.2, -0.15) is 0 Å². The highest BCUT2D eigenvalue weighted by Gasteiger charge is 2.26. The molecule has 1 aliphatic heterocycles. The van der Waals surface area contributed by atoms with Crippen molar-refractivity contribution < 1.29 is 14.3 Å². The number of benzene rings is 1. The molecule has 0 aromatic heterocycles. The Labute approximate surface area is 114 Å². The third-order valence-corrected chi connectivity index (χ3v) is 3.45. The van der Waals surface area contributed by atoms with Crippen LogP contribution in [0.5, 0.6) is 5.75 Å². The van der Waals surface area contributed by atoms with Crippen LogP contribution in [0.3, 0.4) is 0 Å². The van der Waals surface area contributed by atoms with E-state index in [-0.39, 0.29) is 18.4 Å². The molecule has 1 aromatic carbocycles. The minimum atomic E-state index is -0.103. The van der Waals surface area contributed by atoms with Crippen LogP contribution in [-0.4, -0.2) is 23.8 Å². The summed E-state index contributed by atoms with van der Waals surface area (Å²) in [4.78, 5) is 24.8. The molecule has 1 heterocycles. The minimum Gasteiger partial charge on any atom is -0.496 e. The van der Waals surface area contributed by atoms with Crippen molar-refractivity contribution in [1.29, 1.82) is 0 Å². The molecule has 1 saturated heterocycles. The number of rotatable bonds is 3. The normalized spacial score (nSPS) is 16.0. The molecule has 0 spiro atoms. The zero-order valence-corrected chi connectivity index (χ0v) is 11.7. The number of amides is 2. The van der Waals surface area contributed by atoms with Crippen LogP contribution in [0.1, 0.15) is 24.8 Å². The van der Waals surface area contributed by atoms with Gasteiger partial charge < -0.3 is 4.74 Å². The van der Waals surface area contributed by atoms with Crippen LogP contribution in [0.4, 0.5) is 0 Å². The Balaban J connectivity index is 2.24. The number of carbonyl (C=O) groups is 2. The number of carbonyl (C=O) groups excluding carboxylic acids is 2. The van der Waals surface area contributed by atoms with Gasteiger partial charge in [-0.3, -0.25) is 14.5 Å². The summed E-state index contributed by atoms with van der Waals surface area (Å²) in [5.74, 6) is 0.478. The number of nitrogens with zero attached hydrogens (tertiary/aromatic N) is 1. The van der Waals surface area contributed by atoms with Crippen LogP contribution < -0.4 is 4.74 Å². The lowest BCUT2D eigenvalue weighted by Crippen LogP contribution is -2.39. The maximum Gasteiger partial charge on any atom is 0.229 e. The fourth-order valence-corrected chi connectivity index (χ4v) is 2.43. The van der Waals surface area contributed by atoms with Gasteiger partial charge in [0.25, 0.3) is 0 Å². The Morgan fingerprint density at radius 1 is 1.28 bits per heavy atom. The summed E-state index contributed by atoms with van der Waals surface area (Å²) < 4.78 is 6.14. The van der Waals surface area contributed by atoms with E-state index in [1.807, 2.05) is 18.2 Å². The van der Waals surface area contributed by atoms with Gasteiger partial charge in [-0.15, -0.1) is 0 Å². The number of hydrogen-bond donors (Lipinski definition) is 0. The van der Waals surface area contributed by atoms with Crippen molar-refractivity contribution >= 4 is 27.7 Å². The molecule has 0 bridgehead atoms. The molecule has 0 radical (unpaired) electrons. The number of imide groups is 1. The van der Waals surface area contributed by atoms with Crippen LogP contribution in [0.2, 0.25) is 0 Å². The first-order valence-corrected chi connectivity index (χ1v) is 6.56. The maximum atomic E-state index is 11.7. The summed E-state index contributed by atoms with van der Waals surface area (Å²) >= 11 is 3.38. The highest BCUT2D eigenvalue weighted by Crippen LogP contribution is 2.26. The maximum absolute atomic E-state index is 11.7. The van der Waals surface area contributed by atoms with E-state index >= 15 is 0 Å². The number of halogens is 1. The second-order valence-electron chi connectivity index (χ2n) is 4.18. The average molecular weight is 312 g/mol. The van der Waals surface area contributed by atoms with E-state index in [0.29, 0.717) is 25.0 Å². The molecular weight excluding hydrogens is 298 g/mol. The molecule has 0 unspecified atom stereocenters. The molecule has 2 rings (SSSR count). The Hall–Kier alpha value is -1.36. The number of piperidine rings is 1. The van der Waals surface area contributed by atoms with Gasteiger partial charge in [0.1, 0.15) is 5.75 Å². The van der Waals surface area contributed by atoms with Crippen molar-refractivity contribution in [2.45, 2.75) is 25.8 Å². The van der Waals surface area contributed by atoms with E-state index in [0.717, 1.165) is 10.0 Å². The molecule has 1 aromatic rings. The number of methoxy groups -OCH3 is 1. The lowest BCUT2D eigenvalue weighted by atomic mass is 10.1. The topological polar surface area (TPSA) is 46.6 Å². The molecule has 18 heavy (non-hydrogen) atoms. The van der Waals surface area contributed by atoms with Gasteiger partial charge in [0.2, 0.25) is 11.8 Å². The summed E-state index contributed by atoms with van der Waals surface area (Å²) in [5.41, 5.74) is 0.829. The summed E-state index contributed by atoms with van der Waals surface area (Å²) in [6.45, 7) is 0.278. The van der Waals surface area contributed by atoms with Gasteiger partial charge in [0.05, 0.1) is 13.7 Å². The smallest absolute Gasteiger partial charge is 0.229 e. The molecule has 1 aliphatic rings. The van der Waals surface area contributed by atoms with Gasteiger partial charge in [0, 0.05) is 22.9 Å². The zero-order chi connectivity index (χ0) is 13.1. The molecule has 4 nitrogen and oxygen atoms in total. The van der Waals surface area contributed by atoms with Gasteiger partial charge in [0.15, 0.2) is 0 Å². The van der Waals surface area contributed by atoms with E-state index in [4.69, 9.17) is 4.74 Å². The molecule has 2 amide bonds. The first kappa shape index (κ1) is 13.1. The number of ether oxygens (including phenoxy) is 1. The van der Waals surface area contributed by atoms with Crippen LogP contribution in [0.15, 0.2) is 22.7 Å². The quantitative estimate of drug-likeness (QED) is 0.806. The van der Waals surface area contributed by atoms with E-state index in [1.165, 1.54) is 4.90 Å². The van der Waals surface area contributed by atoms with E-state index in [2.05, 4.69) is 15.9 Å². The molecule has 0 atom stereocenters. The largest absolute Gasteiger partial charge is 0.496 e. The summed E-state index contributed by atoms with van der Waals surface area (Å²) in [6, 6.07) is 5.55. The first-order valence-electron chi connectivity index (χ1n) is 5.77. The second-order valence-corrected chi connectivity index (χ2v) is 5.10. The highest BCUT2D eigenvalue weighted by molar-refractivity contribution is 9.10. The van der Waals surface area contributed by atoms with Crippen molar-refractivity contribution in [3.63, 3.8) is 0 Å². The van der Waals surface area contributed by atoms with E-state index in [9.17, 15) is 9.59 Å². The average Bonchev–Trinajstić information content (AvgIpc) is 2.34. The van der Waals surface area contributed by atoms with Crippen molar-refractivity contribution in [2.24, 2.45) is 0 Å². The molecule has 1 fully saturated rings. The molecule has 96 valence electrons. The monoisotopic (exact) mass is 311 g/mol. The summed E-state index contributed by atoms with van der Waals surface area (Å²) in [5, 5.41) is 0. The number of hydrogen-bond acceptors (Lipinski definition) is 3. The highest BCUT2D eigenvalue weighted by atomic mass is 79.9. The number of likely N-dealkylation sites (tertiary alicyclic amines) is 1. The van der Waals surface area contributed by atoms with E-state index in [1.54, 1.807) is 7.11 Å². The third-order valence-electron chi connectivity index (χ3n) is 2.95. The summed E-state index contributed by atoms with van der Waals surface area (Å²) in [6.07, 6.45) is 1.55. The van der Waals surface area contributed by atoms with Gasteiger partial charge in [-0.1, -0.05) is 15.9 Å². The molecule has 0 saturated carbocycles. The van der Waals surface area contributed by atoms with Crippen molar-refractivity contribution in [3.8, 4) is 5.75 Å². The minimum absolute atomic E-state index is 0.103. The molecular formula is C13H14BrNO3. The predicted octanol–water partition coefficient (Wildman–Crippen LogP) is 2.50. The van der Waals surface area contributed by atoms with E-state index < -0.39 is 0 Å². The van der Waals surface area contributed by atoms with Crippen molar-refractivity contribution in [2.75, 3.05) is 7.11 Å².